The molecular weight excluding hydrogens is 628 g/mol. The molecule has 0 spiro atoms. The van der Waals surface area contributed by atoms with Gasteiger partial charge in [-0.2, -0.15) is 5.06 Å². The first kappa shape index (κ1) is 38.0. The monoisotopic (exact) mass is 688 g/mol. The molecule has 4 fully saturated rings. The second-order valence-corrected chi connectivity index (χ2v) is 16.4. The number of ether oxygens (including phenoxy) is 1. The van der Waals surface area contributed by atoms with Crippen LogP contribution in [-0.2, 0) is 16.2 Å². The van der Waals surface area contributed by atoms with E-state index in [1.165, 1.54) is 6.42 Å². The van der Waals surface area contributed by atoms with Gasteiger partial charge in [0.2, 0.25) is 5.91 Å². The number of para-hydroxylation sites is 1. The van der Waals surface area contributed by atoms with Crippen molar-refractivity contribution >= 4 is 11.8 Å². The zero-order chi connectivity index (χ0) is 36.5. The molecule has 274 valence electrons. The summed E-state index contributed by atoms with van der Waals surface area (Å²) in [7, 11) is 5.67. The van der Waals surface area contributed by atoms with Crippen molar-refractivity contribution in [1.82, 2.24) is 20.6 Å². The molecule has 0 aromatic heterocycles. The van der Waals surface area contributed by atoms with E-state index >= 15 is 0 Å². The number of fused-ring (bicyclic) bond motifs is 2. The van der Waals surface area contributed by atoms with Gasteiger partial charge in [-0.25, -0.2) is 0 Å². The van der Waals surface area contributed by atoms with Crippen LogP contribution in [0, 0.1) is 35.0 Å². The number of carbonyl (C=O) groups excluding carboxylic acids is 2. The van der Waals surface area contributed by atoms with Crippen LogP contribution in [0.2, 0.25) is 0 Å². The van der Waals surface area contributed by atoms with E-state index in [9.17, 15) is 14.7 Å². The molecule has 2 amide bonds. The minimum Gasteiger partial charge on any atom is -0.496 e. The highest BCUT2D eigenvalue weighted by Crippen LogP contribution is 2.61. The van der Waals surface area contributed by atoms with Crippen LogP contribution in [0.3, 0.4) is 0 Å². The third kappa shape index (κ3) is 7.81. The lowest BCUT2D eigenvalue weighted by Crippen LogP contribution is -2.62. The van der Waals surface area contributed by atoms with Crippen molar-refractivity contribution in [3.05, 3.63) is 65.7 Å². The molecule has 6 rings (SSSR count). The van der Waals surface area contributed by atoms with Crippen LogP contribution in [0.1, 0.15) is 76.7 Å². The number of hydroxylamine groups is 2. The minimum absolute atomic E-state index is 0.0364. The maximum absolute atomic E-state index is 14.2. The number of methoxy groups -OCH3 is 1. The summed E-state index contributed by atoms with van der Waals surface area (Å²) in [5.41, 5.74) is 4.20. The SMILES string of the molecule is C=C(C)[C@@H]1[C@H](CO)ON(Cc2cccc(-c3cccc(C(=O)N[C@@H](CC(C)C)CN(C)C)c3)c2OC)[C@@H]1C(=O)N[C@H]1C[C@H]2C[C@@H]([C@@H]1C)C2(C)C. The first-order chi connectivity index (χ1) is 23.7. The summed E-state index contributed by atoms with van der Waals surface area (Å²) in [6.45, 7) is 18.2. The summed E-state index contributed by atoms with van der Waals surface area (Å²) in [6, 6.07) is 13.0. The van der Waals surface area contributed by atoms with Crippen molar-refractivity contribution in [2.24, 2.45) is 35.0 Å². The fraction of sp³-hybridized carbons (Fsp3) is 0.610. The Bertz CT molecular complexity index is 1530. The Morgan fingerprint density at radius 1 is 1.16 bits per heavy atom. The summed E-state index contributed by atoms with van der Waals surface area (Å²) < 4.78 is 6.03. The lowest BCUT2D eigenvalue weighted by atomic mass is 9.45. The number of nitrogens with zero attached hydrogens (tertiary/aromatic N) is 2. The van der Waals surface area contributed by atoms with E-state index in [1.807, 2.05) is 63.5 Å². The molecule has 9 heteroatoms. The number of hydrogen-bond acceptors (Lipinski definition) is 7. The molecule has 0 unspecified atom stereocenters. The minimum atomic E-state index is -0.663. The maximum Gasteiger partial charge on any atom is 0.251 e. The van der Waals surface area contributed by atoms with Gasteiger partial charge in [0.1, 0.15) is 17.9 Å². The van der Waals surface area contributed by atoms with Crippen LogP contribution in [-0.4, -0.2) is 85.5 Å². The number of amides is 2. The van der Waals surface area contributed by atoms with Gasteiger partial charge >= 0.3 is 0 Å². The van der Waals surface area contributed by atoms with Crippen LogP contribution >= 0.6 is 0 Å². The third-order valence-electron chi connectivity index (χ3n) is 11.8. The normalized spacial score (nSPS) is 27.9. The van der Waals surface area contributed by atoms with Crippen molar-refractivity contribution in [3.63, 3.8) is 0 Å². The molecule has 1 aliphatic heterocycles. The molecule has 3 N–H and O–H groups in total. The summed E-state index contributed by atoms with van der Waals surface area (Å²) in [4.78, 5) is 36.1. The lowest BCUT2D eigenvalue weighted by Gasteiger charge is -2.62. The van der Waals surface area contributed by atoms with E-state index in [1.54, 1.807) is 12.2 Å². The van der Waals surface area contributed by atoms with Gasteiger partial charge in [0, 0.05) is 41.2 Å². The van der Waals surface area contributed by atoms with E-state index in [0.29, 0.717) is 40.4 Å². The van der Waals surface area contributed by atoms with E-state index < -0.39 is 12.1 Å². The van der Waals surface area contributed by atoms with Gasteiger partial charge in [-0.05, 0) is 87.1 Å². The largest absolute Gasteiger partial charge is 0.496 e. The number of nitrogens with one attached hydrogen (secondary N) is 2. The molecule has 1 saturated heterocycles. The molecule has 2 aromatic carbocycles. The molecule has 3 aliphatic carbocycles. The van der Waals surface area contributed by atoms with Gasteiger partial charge in [0.25, 0.3) is 5.91 Å². The summed E-state index contributed by atoms with van der Waals surface area (Å²) in [6.07, 6.45) is 2.51. The van der Waals surface area contributed by atoms with Gasteiger partial charge in [-0.1, -0.05) is 77.1 Å². The molecule has 1 heterocycles. The molecule has 8 atom stereocenters. The highest BCUT2D eigenvalue weighted by Gasteiger charge is 2.57. The van der Waals surface area contributed by atoms with Crippen LogP contribution < -0.4 is 15.4 Å². The molecule has 2 bridgehead atoms. The number of hydrogen-bond donors (Lipinski definition) is 3. The molecule has 3 saturated carbocycles. The lowest BCUT2D eigenvalue weighted by molar-refractivity contribution is -0.183. The number of aliphatic hydroxyl groups excluding tert-OH is 1. The van der Waals surface area contributed by atoms with Crippen LogP contribution in [0.15, 0.2) is 54.6 Å². The van der Waals surface area contributed by atoms with Gasteiger partial charge in [-0.15, -0.1) is 0 Å². The Kier molecular flexibility index (Phi) is 11.8. The van der Waals surface area contributed by atoms with Gasteiger partial charge in [0.05, 0.1) is 20.3 Å². The molecule has 2 aromatic rings. The average Bonchev–Trinajstić information content (AvgIpc) is 3.43. The standard InChI is InChI=1S/C41H60N4O5/c1-24(2)17-31(22-44(8)9)42-39(47)28-14-11-13-27(18-28)32-16-12-15-29(38(32)49-10)21-45-37(36(25(3)4)35(23-46)50-45)40(48)43-34-20-30-19-33(26(34)5)41(30,6)7/h11-16,18,24,26,30-31,33-37,46H,3,17,19-23H2,1-2,4-10H3,(H,42,47)(H,43,48)/t26-,30+,31-,33-,34-,35-,36+,37-/m0/s1. The van der Waals surface area contributed by atoms with Gasteiger partial charge in [0.15, 0.2) is 0 Å². The van der Waals surface area contributed by atoms with E-state index in [-0.39, 0.29) is 43.0 Å². The zero-order valence-electron chi connectivity index (χ0n) is 31.7. The summed E-state index contributed by atoms with van der Waals surface area (Å²) >= 11 is 0. The topological polar surface area (TPSA) is 103 Å². The van der Waals surface area contributed by atoms with E-state index in [4.69, 9.17) is 9.57 Å². The second-order valence-electron chi connectivity index (χ2n) is 16.4. The van der Waals surface area contributed by atoms with Crippen molar-refractivity contribution < 1.29 is 24.3 Å². The number of rotatable bonds is 14. The third-order valence-corrected chi connectivity index (χ3v) is 11.8. The Morgan fingerprint density at radius 2 is 1.88 bits per heavy atom. The predicted octanol–water partition coefficient (Wildman–Crippen LogP) is 5.92. The van der Waals surface area contributed by atoms with Gasteiger partial charge in [-0.3, -0.25) is 14.4 Å². The number of benzene rings is 2. The Hall–Kier alpha value is -3.24. The summed E-state index contributed by atoms with van der Waals surface area (Å²) in [5, 5.41) is 18.7. The number of likely N-dealkylation sites (N-methyl/N-ethyl adjacent to an activating group) is 1. The highest BCUT2D eigenvalue weighted by molar-refractivity contribution is 5.96. The Morgan fingerprint density at radius 3 is 2.48 bits per heavy atom. The van der Waals surface area contributed by atoms with Crippen molar-refractivity contribution in [2.45, 2.75) is 91.6 Å². The molecule has 50 heavy (non-hydrogen) atoms. The fourth-order valence-corrected chi connectivity index (χ4v) is 9.09. The zero-order valence-corrected chi connectivity index (χ0v) is 31.7. The maximum atomic E-state index is 14.2. The fourth-order valence-electron chi connectivity index (χ4n) is 9.09. The van der Waals surface area contributed by atoms with Crippen LogP contribution in [0.5, 0.6) is 5.75 Å². The van der Waals surface area contributed by atoms with Crippen LogP contribution in [0.25, 0.3) is 11.1 Å². The van der Waals surface area contributed by atoms with Crippen molar-refractivity contribution in [1.29, 1.82) is 0 Å². The van der Waals surface area contributed by atoms with Crippen molar-refractivity contribution in [2.75, 3.05) is 34.4 Å². The Balaban J connectivity index is 1.39. The number of aliphatic hydroxyl groups is 1. The summed E-state index contributed by atoms with van der Waals surface area (Å²) in [5.74, 6) is 2.11. The van der Waals surface area contributed by atoms with Crippen LogP contribution in [0.4, 0.5) is 0 Å². The predicted molar refractivity (Wildman–Crippen MR) is 198 cm³/mol. The molecule has 9 nitrogen and oxygen atoms in total. The average molecular weight is 689 g/mol. The van der Waals surface area contributed by atoms with E-state index in [2.05, 4.69) is 56.7 Å². The quantitative estimate of drug-likeness (QED) is 0.212. The number of carbonyl (C=O) groups is 2. The van der Waals surface area contributed by atoms with Crippen molar-refractivity contribution in [3.8, 4) is 16.9 Å². The second kappa shape index (κ2) is 15.6. The highest BCUT2D eigenvalue weighted by atomic mass is 16.7. The molecule has 4 aliphatic rings. The first-order valence-corrected chi connectivity index (χ1v) is 18.4. The van der Waals surface area contributed by atoms with E-state index in [0.717, 1.165) is 41.6 Å². The Labute approximate surface area is 299 Å². The molecular formula is C41H60N4O5. The molecule has 0 radical (unpaired) electrons. The van der Waals surface area contributed by atoms with Gasteiger partial charge < -0.3 is 25.4 Å². The smallest absolute Gasteiger partial charge is 0.251 e. The first-order valence-electron chi connectivity index (χ1n) is 18.4.